The number of rotatable bonds is 0. The molecular formula is C10H20O2. The molecule has 2 heteroatoms. The van der Waals surface area contributed by atoms with E-state index in [0.29, 0.717) is 0 Å². The summed E-state index contributed by atoms with van der Waals surface area (Å²) in [4.78, 5) is 0. The molecule has 0 aromatic rings. The monoisotopic (exact) mass is 172 g/mol. The molecule has 0 bridgehead atoms. The Morgan fingerprint density at radius 2 is 1.58 bits per heavy atom. The van der Waals surface area contributed by atoms with Gasteiger partial charge in [0.1, 0.15) is 0 Å². The maximum absolute atomic E-state index is 5.80. The molecule has 1 fully saturated rings. The van der Waals surface area contributed by atoms with E-state index in [9.17, 15) is 0 Å². The third-order valence-electron chi connectivity index (χ3n) is 2.16. The molecule has 12 heavy (non-hydrogen) atoms. The molecule has 0 radical (unpaired) electrons. The quantitative estimate of drug-likeness (QED) is 0.559. The van der Waals surface area contributed by atoms with Crippen LogP contribution in [-0.4, -0.2) is 18.0 Å². The topological polar surface area (TPSA) is 18.5 Å². The van der Waals surface area contributed by atoms with Crippen molar-refractivity contribution in [2.75, 3.05) is 0 Å². The SMILES string of the molecule is C[C@H]1OC(C)(C)O[C@@H]1C(C)(C)C. The average molecular weight is 172 g/mol. The van der Waals surface area contributed by atoms with Crippen molar-refractivity contribution < 1.29 is 9.47 Å². The first kappa shape index (κ1) is 10.0. The highest BCUT2D eigenvalue weighted by atomic mass is 16.7. The van der Waals surface area contributed by atoms with Crippen LogP contribution in [-0.2, 0) is 9.47 Å². The molecule has 1 saturated heterocycles. The highest BCUT2D eigenvalue weighted by molar-refractivity contribution is 4.86. The van der Waals surface area contributed by atoms with Crippen molar-refractivity contribution >= 4 is 0 Å². The molecule has 1 aliphatic heterocycles. The first-order chi connectivity index (χ1) is 5.22. The second kappa shape index (κ2) is 2.71. The van der Waals surface area contributed by atoms with Crippen molar-refractivity contribution in [2.45, 2.75) is 59.5 Å². The smallest absolute Gasteiger partial charge is 0.163 e. The molecule has 0 amide bonds. The van der Waals surface area contributed by atoms with E-state index < -0.39 is 5.79 Å². The molecule has 1 aliphatic rings. The van der Waals surface area contributed by atoms with E-state index in [4.69, 9.17) is 9.47 Å². The van der Waals surface area contributed by atoms with Crippen molar-refractivity contribution in [3.8, 4) is 0 Å². The van der Waals surface area contributed by atoms with Crippen LogP contribution < -0.4 is 0 Å². The van der Waals surface area contributed by atoms with Gasteiger partial charge >= 0.3 is 0 Å². The number of hydrogen-bond donors (Lipinski definition) is 0. The molecule has 0 N–H and O–H groups in total. The van der Waals surface area contributed by atoms with E-state index in [0.717, 1.165) is 0 Å². The van der Waals surface area contributed by atoms with Gasteiger partial charge in [0.05, 0.1) is 12.2 Å². The Hall–Kier alpha value is -0.0800. The highest BCUT2D eigenvalue weighted by Gasteiger charge is 2.44. The lowest BCUT2D eigenvalue weighted by atomic mass is 9.86. The predicted molar refractivity (Wildman–Crippen MR) is 49.0 cm³/mol. The molecule has 72 valence electrons. The molecule has 0 aliphatic carbocycles. The van der Waals surface area contributed by atoms with Crippen molar-refractivity contribution in [1.82, 2.24) is 0 Å². The van der Waals surface area contributed by atoms with Gasteiger partial charge in [-0.1, -0.05) is 20.8 Å². The molecule has 2 nitrogen and oxygen atoms in total. The van der Waals surface area contributed by atoms with E-state index in [1.807, 2.05) is 13.8 Å². The fourth-order valence-electron chi connectivity index (χ4n) is 1.82. The Kier molecular flexibility index (Phi) is 2.26. The lowest BCUT2D eigenvalue weighted by molar-refractivity contribution is -0.153. The largest absolute Gasteiger partial charge is 0.345 e. The fraction of sp³-hybridized carbons (Fsp3) is 1.00. The number of ether oxygens (including phenoxy) is 2. The molecular weight excluding hydrogens is 152 g/mol. The summed E-state index contributed by atoms with van der Waals surface area (Å²) in [6, 6.07) is 0. The van der Waals surface area contributed by atoms with Crippen molar-refractivity contribution in [1.29, 1.82) is 0 Å². The van der Waals surface area contributed by atoms with Gasteiger partial charge in [0.2, 0.25) is 0 Å². The Bertz CT molecular complexity index is 167. The van der Waals surface area contributed by atoms with Gasteiger partial charge in [-0.2, -0.15) is 0 Å². The lowest BCUT2D eigenvalue weighted by Crippen LogP contribution is -2.34. The van der Waals surface area contributed by atoms with Gasteiger partial charge < -0.3 is 9.47 Å². The van der Waals surface area contributed by atoms with Crippen molar-refractivity contribution in [3.63, 3.8) is 0 Å². The van der Waals surface area contributed by atoms with E-state index in [1.54, 1.807) is 0 Å². The van der Waals surface area contributed by atoms with Crippen molar-refractivity contribution in [3.05, 3.63) is 0 Å². The molecule has 1 heterocycles. The van der Waals surface area contributed by atoms with Crippen LogP contribution in [0.15, 0.2) is 0 Å². The summed E-state index contributed by atoms with van der Waals surface area (Å²) in [5.74, 6) is -0.405. The molecule has 0 saturated carbocycles. The van der Waals surface area contributed by atoms with E-state index in [1.165, 1.54) is 0 Å². The van der Waals surface area contributed by atoms with Gasteiger partial charge in [-0.3, -0.25) is 0 Å². The van der Waals surface area contributed by atoms with Crippen LogP contribution in [0, 0.1) is 5.41 Å². The zero-order valence-electron chi connectivity index (χ0n) is 8.97. The Labute approximate surface area is 75.2 Å². The van der Waals surface area contributed by atoms with Crippen LogP contribution >= 0.6 is 0 Å². The maximum Gasteiger partial charge on any atom is 0.163 e. The van der Waals surface area contributed by atoms with Crippen LogP contribution in [0.1, 0.15) is 41.5 Å². The van der Waals surface area contributed by atoms with Crippen LogP contribution in [0.3, 0.4) is 0 Å². The second-order valence-corrected chi connectivity index (χ2v) is 5.13. The third kappa shape index (κ3) is 1.99. The minimum atomic E-state index is -0.405. The zero-order valence-corrected chi connectivity index (χ0v) is 8.97. The third-order valence-corrected chi connectivity index (χ3v) is 2.16. The lowest BCUT2D eigenvalue weighted by Gasteiger charge is -2.28. The molecule has 0 unspecified atom stereocenters. The van der Waals surface area contributed by atoms with Gasteiger partial charge in [0, 0.05) is 0 Å². The molecule has 0 spiro atoms. The number of hydrogen-bond acceptors (Lipinski definition) is 2. The zero-order chi connectivity index (χ0) is 9.57. The summed E-state index contributed by atoms with van der Waals surface area (Å²) < 4.78 is 11.5. The summed E-state index contributed by atoms with van der Waals surface area (Å²) >= 11 is 0. The van der Waals surface area contributed by atoms with Crippen LogP contribution in [0.2, 0.25) is 0 Å². The maximum atomic E-state index is 5.80. The normalized spacial score (nSPS) is 35.5. The minimum Gasteiger partial charge on any atom is -0.345 e. The molecule has 0 aromatic carbocycles. The summed E-state index contributed by atoms with van der Waals surface area (Å²) in [5, 5.41) is 0. The summed E-state index contributed by atoms with van der Waals surface area (Å²) in [6.45, 7) is 12.5. The standard InChI is InChI=1S/C10H20O2/c1-7-8(9(2,3)4)12-10(5,6)11-7/h7-8H,1-6H3/t7-,8+/m1/s1. The van der Waals surface area contributed by atoms with Crippen LogP contribution in [0.25, 0.3) is 0 Å². The van der Waals surface area contributed by atoms with Crippen molar-refractivity contribution in [2.24, 2.45) is 5.41 Å². The fourth-order valence-corrected chi connectivity index (χ4v) is 1.82. The van der Waals surface area contributed by atoms with Gasteiger partial charge in [-0.25, -0.2) is 0 Å². The average Bonchev–Trinajstić information content (AvgIpc) is 2.03. The molecule has 2 atom stereocenters. The van der Waals surface area contributed by atoms with E-state index >= 15 is 0 Å². The Morgan fingerprint density at radius 1 is 1.08 bits per heavy atom. The summed E-state index contributed by atoms with van der Waals surface area (Å²) in [6.07, 6.45) is 0.396. The van der Waals surface area contributed by atoms with Gasteiger partial charge in [0.15, 0.2) is 5.79 Å². The Morgan fingerprint density at radius 3 is 1.75 bits per heavy atom. The van der Waals surface area contributed by atoms with Crippen LogP contribution in [0.5, 0.6) is 0 Å². The van der Waals surface area contributed by atoms with Gasteiger partial charge in [-0.15, -0.1) is 0 Å². The van der Waals surface area contributed by atoms with E-state index in [-0.39, 0.29) is 17.6 Å². The summed E-state index contributed by atoms with van der Waals surface area (Å²) in [5.41, 5.74) is 0.160. The molecule has 0 aromatic heterocycles. The van der Waals surface area contributed by atoms with Crippen LogP contribution in [0.4, 0.5) is 0 Å². The van der Waals surface area contributed by atoms with E-state index in [2.05, 4.69) is 27.7 Å². The summed E-state index contributed by atoms with van der Waals surface area (Å²) in [7, 11) is 0. The first-order valence-electron chi connectivity index (χ1n) is 4.58. The van der Waals surface area contributed by atoms with Gasteiger partial charge in [0.25, 0.3) is 0 Å². The highest BCUT2D eigenvalue weighted by Crippen LogP contribution is 2.37. The van der Waals surface area contributed by atoms with Gasteiger partial charge in [-0.05, 0) is 26.2 Å². The minimum absolute atomic E-state index is 0.160. The molecule has 1 rings (SSSR count). The Balaban J connectivity index is 2.71. The predicted octanol–water partition coefficient (Wildman–Crippen LogP) is 2.57. The second-order valence-electron chi connectivity index (χ2n) is 5.13. The first-order valence-corrected chi connectivity index (χ1v) is 4.58.